The summed E-state index contributed by atoms with van der Waals surface area (Å²) in [5, 5.41) is 5.79. The van der Waals surface area contributed by atoms with Gasteiger partial charge in [0, 0.05) is 25.3 Å². The number of carbonyl (C=O) groups is 2. The highest BCUT2D eigenvalue weighted by molar-refractivity contribution is 5.95. The highest BCUT2D eigenvalue weighted by Crippen LogP contribution is 2.23. The molecule has 0 saturated carbocycles. The van der Waals surface area contributed by atoms with E-state index in [0.29, 0.717) is 12.5 Å². The number of benzene rings is 1. The first-order valence-corrected chi connectivity index (χ1v) is 9.46. The van der Waals surface area contributed by atoms with Gasteiger partial charge in [0.25, 0.3) is 5.91 Å². The lowest BCUT2D eigenvalue weighted by molar-refractivity contribution is -0.124. The molecule has 1 aliphatic heterocycles. The average molecular weight is 369 g/mol. The zero-order valence-electron chi connectivity index (χ0n) is 15.9. The van der Waals surface area contributed by atoms with E-state index in [0.717, 1.165) is 19.5 Å². The lowest BCUT2D eigenvalue weighted by Crippen LogP contribution is -2.50. The van der Waals surface area contributed by atoms with Crippen LogP contribution < -0.4 is 15.5 Å². The Morgan fingerprint density at radius 1 is 1.19 bits per heavy atom. The highest BCUT2D eigenvalue weighted by Gasteiger charge is 2.28. The Kier molecular flexibility index (Phi) is 6.16. The third-order valence-electron chi connectivity index (χ3n) is 4.95. The molecule has 6 heteroatoms. The second kappa shape index (κ2) is 8.75. The van der Waals surface area contributed by atoms with Crippen LogP contribution in [0.3, 0.4) is 0 Å². The number of furan rings is 1. The minimum Gasteiger partial charge on any atom is -0.459 e. The van der Waals surface area contributed by atoms with Crippen molar-refractivity contribution in [2.45, 2.75) is 26.3 Å². The molecule has 1 aromatic carbocycles. The SMILES string of the molecule is CC(C)C(NC(=O)c1ccco1)C(=O)NCC1CCN(c2ccccc2)C1. The van der Waals surface area contributed by atoms with Crippen molar-refractivity contribution < 1.29 is 14.0 Å². The van der Waals surface area contributed by atoms with Gasteiger partial charge in [-0.15, -0.1) is 0 Å². The summed E-state index contributed by atoms with van der Waals surface area (Å²) in [5.74, 6) is 0.0758. The van der Waals surface area contributed by atoms with Crippen LogP contribution in [-0.4, -0.2) is 37.5 Å². The van der Waals surface area contributed by atoms with Crippen LogP contribution in [0.2, 0.25) is 0 Å². The summed E-state index contributed by atoms with van der Waals surface area (Å²) in [7, 11) is 0. The molecule has 6 nitrogen and oxygen atoms in total. The Labute approximate surface area is 159 Å². The lowest BCUT2D eigenvalue weighted by Gasteiger charge is -2.22. The molecule has 2 amide bonds. The summed E-state index contributed by atoms with van der Waals surface area (Å²) in [6, 6.07) is 13.0. The summed E-state index contributed by atoms with van der Waals surface area (Å²) in [4.78, 5) is 27.2. The quantitative estimate of drug-likeness (QED) is 0.787. The van der Waals surface area contributed by atoms with E-state index in [4.69, 9.17) is 4.42 Å². The van der Waals surface area contributed by atoms with E-state index < -0.39 is 6.04 Å². The maximum absolute atomic E-state index is 12.6. The number of anilines is 1. The number of nitrogens with one attached hydrogen (secondary N) is 2. The molecule has 2 aromatic rings. The molecular formula is C21H27N3O3. The Morgan fingerprint density at radius 2 is 1.96 bits per heavy atom. The molecule has 3 rings (SSSR count). The van der Waals surface area contributed by atoms with Gasteiger partial charge in [-0.1, -0.05) is 32.0 Å². The molecule has 1 aliphatic rings. The fourth-order valence-electron chi connectivity index (χ4n) is 3.38. The summed E-state index contributed by atoms with van der Waals surface area (Å²) in [6.07, 6.45) is 2.48. The Bertz CT molecular complexity index is 743. The van der Waals surface area contributed by atoms with Crippen molar-refractivity contribution in [3.05, 3.63) is 54.5 Å². The molecule has 0 spiro atoms. The van der Waals surface area contributed by atoms with E-state index in [1.54, 1.807) is 12.1 Å². The van der Waals surface area contributed by atoms with Gasteiger partial charge in [-0.2, -0.15) is 0 Å². The van der Waals surface area contributed by atoms with Gasteiger partial charge in [0.2, 0.25) is 5.91 Å². The Hall–Kier alpha value is -2.76. The Morgan fingerprint density at radius 3 is 2.63 bits per heavy atom. The molecule has 1 aromatic heterocycles. The minimum atomic E-state index is -0.589. The van der Waals surface area contributed by atoms with Gasteiger partial charge in [-0.3, -0.25) is 9.59 Å². The maximum Gasteiger partial charge on any atom is 0.287 e. The summed E-state index contributed by atoms with van der Waals surface area (Å²) in [6.45, 7) is 6.36. The van der Waals surface area contributed by atoms with E-state index >= 15 is 0 Å². The first-order chi connectivity index (χ1) is 13.0. The first-order valence-electron chi connectivity index (χ1n) is 9.46. The molecule has 2 heterocycles. The maximum atomic E-state index is 12.6. The number of hydrogen-bond acceptors (Lipinski definition) is 4. The van der Waals surface area contributed by atoms with Crippen LogP contribution >= 0.6 is 0 Å². The molecular weight excluding hydrogens is 342 g/mol. The standard InChI is InChI=1S/C21H27N3O3/c1-15(2)19(23-20(25)18-9-6-12-27-18)21(26)22-13-16-10-11-24(14-16)17-7-4-3-5-8-17/h3-9,12,15-16,19H,10-11,13-14H2,1-2H3,(H,22,26)(H,23,25). The smallest absolute Gasteiger partial charge is 0.287 e. The zero-order valence-corrected chi connectivity index (χ0v) is 15.9. The van der Waals surface area contributed by atoms with E-state index in [9.17, 15) is 9.59 Å². The summed E-state index contributed by atoms with van der Waals surface area (Å²) < 4.78 is 5.10. The molecule has 144 valence electrons. The number of nitrogens with zero attached hydrogens (tertiary/aromatic N) is 1. The van der Waals surface area contributed by atoms with Crippen LogP contribution in [0.4, 0.5) is 5.69 Å². The molecule has 2 N–H and O–H groups in total. The van der Waals surface area contributed by atoms with Crippen molar-refractivity contribution in [1.82, 2.24) is 10.6 Å². The largest absolute Gasteiger partial charge is 0.459 e. The Balaban J connectivity index is 1.50. The molecule has 0 bridgehead atoms. The molecule has 2 atom stereocenters. The van der Waals surface area contributed by atoms with Gasteiger partial charge in [0.05, 0.1) is 6.26 Å². The normalized spacial score (nSPS) is 17.7. The first kappa shape index (κ1) is 19.0. The zero-order chi connectivity index (χ0) is 19.2. The molecule has 1 fully saturated rings. The van der Waals surface area contributed by atoms with Crippen LogP contribution in [0.5, 0.6) is 0 Å². The minimum absolute atomic E-state index is 0.0201. The predicted octanol–water partition coefficient (Wildman–Crippen LogP) is 2.68. The van der Waals surface area contributed by atoms with E-state index in [2.05, 4.69) is 27.7 Å². The monoisotopic (exact) mass is 369 g/mol. The van der Waals surface area contributed by atoms with Gasteiger partial charge in [-0.25, -0.2) is 0 Å². The van der Waals surface area contributed by atoms with Crippen molar-refractivity contribution in [3.63, 3.8) is 0 Å². The van der Waals surface area contributed by atoms with Crippen molar-refractivity contribution in [1.29, 1.82) is 0 Å². The van der Waals surface area contributed by atoms with Crippen molar-refractivity contribution >= 4 is 17.5 Å². The number of carbonyl (C=O) groups excluding carboxylic acids is 2. The van der Waals surface area contributed by atoms with Gasteiger partial charge in [0.1, 0.15) is 6.04 Å². The molecule has 27 heavy (non-hydrogen) atoms. The number of rotatable bonds is 7. The van der Waals surface area contributed by atoms with Gasteiger partial charge in [-0.05, 0) is 42.5 Å². The van der Waals surface area contributed by atoms with E-state index in [1.165, 1.54) is 12.0 Å². The fourth-order valence-corrected chi connectivity index (χ4v) is 3.38. The summed E-state index contributed by atoms with van der Waals surface area (Å²) >= 11 is 0. The van der Waals surface area contributed by atoms with E-state index in [-0.39, 0.29) is 23.5 Å². The van der Waals surface area contributed by atoms with Crippen molar-refractivity contribution in [3.8, 4) is 0 Å². The number of para-hydroxylation sites is 1. The number of hydrogen-bond donors (Lipinski definition) is 2. The second-order valence-corrected chi connectivity index (χ2v) is 7.35. The highest BCUT2D eigenvalue weighted by atomic mass is 16.3. The van der Waals surface area contributed by atoms with Crippen LogP contribution in [0.25, 0.3) is 0 Å². The number of amides is 2. The van der Waals surface area contributed by atoms with Crippen LogP contribution in [-0.2, 0) is 4.79 Å². The average Bonchev–Trinajstić information content (AvgIpc) is 3.36. The molecule has 1 saturated heterocycles. The predicted molar refractivity (Wildman–Crippen MR) is 105 cm³/mol. The van der Waals surface area contributed by atoms with Crippen LogP contribution in [0.1, 0.15) is 30.8 Å². The van der Waals surface area contributed by atoms with E-state index in [1.807, 2.05) is 32.0 Å². The van der Waals surface area contributed by atoms with Gasteiger partial charge in [0.15, 0.2) is 5.76 Å². The summed E-state index contributed by atoms with van der Waals surface area (Å²) in [5.41, 5.74) is 1.22. The van der Waals surface area contributed by atoms with Crippen molar-refractivity contribution in [2.24, 2.45) is 11.8 Å². The van der Waals surface area contributed by atoms with Gasteiger partial charge < -0.3 is 20.0 Å². The fraction of sp³-hybridized carbons (Fsp3) is 0.429. The lowest BCUT2D eigenvalue weighted by atomic mass is 10.0. The van der Waals surface area contributed by atoms with Crippen molar-refractivity contribution in [2.75, 3.05) is 24.5 Å². The molecule has 0 aliphatic carbocycles. The third kappa shape index (κ3) is 4.90. The van der Waals surface area contributed by atoms with Gasteiger partial charge >= 0.3 is 0 Å². The second-order valence-electron chi connectivity index (χ2n) is 7.35. The topological polar surface area (TPSA) is 74.6 Å². The molecule has 2 unspecified atom stereocenters. The van der Waals surface area contributed by atoms with Crippen LogP contribution in [0.15, 0.2) is 53.1 Å². The third-order valence-corrected chi connectivity index (χ3v) is 4.95. The molecule has 0 radical (unpaired) electrons. The van der Waals surface area contributed by atoms with Crippen LogP contribution in [0, 0.1) is 11.8 Å².